The molecule has 0 aliphatic rings. The molecule has 8 heteroatoms. The van der Waals surface area contributed by atoms with Gasteiger partial charge in [-0.1, -0.05) is 25.1 Å². The van der Waals surface area contributed by atoms with Crippen LogP contribution >= 0.6 is 46.6 Å². The molecule has 3 aromatic rings. The van der Waals surface area contributed by atoms with Crippen LogP contribution in [0.4, 0.5) is 17.1 Å². The number of rotatable bonds is 8. The average Bonchev–Trinajstić information content (AvgIpc) is 2.79. The van der Waals surface area contributed by atoms with E-state index in [0.717, 1.165) is 25.5 Å². The molecule has 32 heavy (non-hydrogen) atoms. The third-order valence-corrected chi connectivity index (χ3v) is 6.78. The van der Waals surface area contributed by atoms with E-state index >= 15 is 0 Å². The average molecular weight is 578 g/mol. The molecule has 1 unspecified atom stereocenters. The van der Waals surface area contributed by atoms with Crippen molar-refractivity contribution in [1.82, 2.24) is 0 Å². The number of thiocarbonyl (C=S) groups is 1. The van der Waals surface area contributed by atoms with Crippen LogP contribution in [0.1, 0.15) is 13.3 Å². The minimum Gasteiger partial charge on any atom is -0.495 e. The van der Waals surface area contributed by atoms with E-state index in [-0.39, 0.29) is 11.2 Å². The second-order valence-corrected chi connectivity index (χ2v) is 9.75. The number of carbonyl (C=O) groups is 1. The van der Waals surface area contributed by atoms with Gasteiger partial charge < -0.3 is 20.7 Å². The molecule has 0 aliphatic heterocycles. The minimum absolute atomic E-state index is 0.00886. The van der Waals surface area contributed by atoms with Crippen molar-refractivity contribution in [3.63, 3.8) is 0 Å². The van der Waals surface area contributed by atoms with Gasteiger partial charge in [-0.05, 0) is 95.8 Å². The summed E-state index contributed by atoms with van der Waals surface area (Å²) < 4.78 is 6.48. The van der Waals surface area contributed by atoms with Crippen molar-refractivity contribution in [2.75, 3.05) is 23.1 Å². The molecule has 0 bridgehead atoms. The lowest BCUT2D eigenvalue weighted by Crippen LogP contribution is -2.24. The van der Waals surface area contributed by atoms with E-state index in [1.807, 2.05) is 79.7 Å². The number of hydrogen-bond donors (Lipinski definition) is 3. The first kappa shape index (κ1) is 24.3. The molecule has 5 nitrogen and oxygen atoms in total. The summed E-state index contributed by atoms with van der Waals surface area (Å²) in [5, 5.41) is 9.61. The molecule has 3 N–H and O–H groups in total. The zero-order valence-electron chi connectivity index (χ0n) is 17.7. The minimum atomic E-state index is -0.205. The van der Waals surface area contributed by atoms with Crippen molar-refractivity contribution >= 4 is 74.7 Å². The molecule has 1 amide bonds. The van der Waals surface area contributed by atoms with Gasteiger partial charge in [0.25, 0.3) is 0 Å². The van der Waals surface area contributed by atoms with Gasteiger partial charge in [0.05, 0.1) is 18.0 Å². The molecule has 0 fully saturated rings. The molecule has 0 aromatic heterocycles. The number of amides is 1. The standard InChI is InChI=1S/C24H24IN3O2S2/c1-3-22(23(29)26-17-13-11-16(25)12-14-17)32-19-8-6-7-18(15-19)27-24(31)28-20-9-4-5-10-21(20)30-2/h4-15,22H,3H2,1-2H3,(H,26,29)(H2,27,28,31). The Hall–Kier alpha value is -2.30. The monoisotopic (exact) mass is 577 g/mol. The summed E-state index contributed by atoms with van der Waals surface area (Å²) in [5.74, 6) is 0.705. The quantitative estimate of drug-likeness (QED) is 0.159. The van der Waals surface area contributed by atoms with E-state index in [1.165, 1.54) is 11.8 Å². The van der Waals surface area contributed by atoms with Crippen molar-refractivity contribution in [3.8, 4) is 5.75 Å². The fourth-order valence-corrected chi connectivity index (χ4v) is 4.52. The van der Waals surface area contributed by atoms with Gasteiger partial charge in [-0.2, -0.15) is 0 Å². The Morgan fingerprint density at radius 1 is 1.00 bits per heavy atom. The smallest absolute Gasteiger partial charge is 0.237 e. The van der Waals surface area contributed by atoms with Crippen LogP contribution in [-0.2, 0) is 4.79 Å². The molecule has 0 aliphatic carbocycles. The van der Waals surface area contributed by atoms with Crippen LogP contribution in [0.5, 0.6) is 5.75 Å². The van der Waals surface area contributed by atoms with Gasteiger partial charge in [0.1, 0.15) is 5.75 Å². The van der Waals surface area contributed by atoms with Crippen molar-refractivity contribution in [3.05, 3.63) is 76.4 Å². The SMILES string of the molecule is CCC(Sc1cccc(NC(=S)Nc2ccccc2OC)c1)C(=O)Nc1ccc(I)cc1. The predicted octanol–water partition coefficient (Wildman–Crippen LogP) is 6.62. The Morgan fingerprint density at radius 2 is 1.75 bits per heavy atom. The first-order valence-electron chi connectivity index (χ1n) is 10.0. The van der Waals surface area contributed by atoms with E-state index in [9.17, 15) is 4.79 Å². The highest BCUT2D eigenvalue weighted by molar-refractivity contribution is 14.1. The van der Waals surface area contributed by atoms with Crippen LogP contribution in [0.2, 0.25) is 0 Å². The predicted molar refractivity (Wildman–Crippen MR) is 147 cm³/mol. The molecule has 1 atom stereocenters. The number of carbonyl (C=O) groups excluding carboxylic acids is 1. The van der Waals surface area contributed by atoms with Crippen molar-refractivity contribution < 1.29 is 9.53 Å². The van der Waals surface area contributed by atoms with Crippen LogP contribution in [0.3, 0.4) is 0 Å². The molecule has 0 heterocycles. The number of benzene rings is 3. The van der Waals surface area contributed by atoms with Crippen LogP contribution in [0, 0.1) is 3.57 Å². The van der Waals surface area contributed by atoms with E-state index in [4.69, 9.17) is 17.0 Å². The molecule has 0 radical (unpaired) electrons. The summed E-state index contributed by atoms with van der Waals surface area (Å²) in [5.41, 5.74) is 2.43. The second kappa shape index (κ2) is 12.1. The van der Waals surface area contributed by atoms with E-state index in [2.05, 4.69) is 38.5 Å². The van der Waals surface area contributed by atoms with Gasteiger partial charge in [0, 0.05) is 19.8 Å². The van der Waals surface area contributed by atoms with Crippen molar-refractivity contribution in [1.29, 1.82) is 0 Å². The highest BCUT2D eigenvalue weighted by atomic mass is 127. The van der Waals surface area contributed by atoms with Gasteiger partial charge in [0.2, 0.25) is 5.91 Å². The van der Waals surface area contributed by atoms with Gasteiger partial charge in [0.15, 0.2) is 5.11 Å². The van der Waals surface area contributed by atoms with E-state index in [1.54, 1.807) is 7.11 Å². The maximum atomic E-state index is 12.8. The highest BCUT2D eigenvalue weighted by Crippen LogP contribution is 2.29. The van der Waals surface area contributed by atoms with Crippen LogP contribution in [0.25, 0.3) is 0 Å². The lowest BCUT2D eigenvalue weighted by Gasteiger charge is -2.16. The molecule has 3 aromatic carbocycles. The normalized spacial score (nSPS) is 11.3. The molecular formula is C24H24IN3O2S2. The van der Waals surface area contributed by atoms with Crippen molar-refractivity contribution in [2.45, 2.75) is 23.5 Å². The third-order valence-electron chi connectivity index (χ3n) is 4.50. The summed E-state index contributed by atoms with van der Waals surface area (Å²) in [7, 11) is 1.62. The van der Waals surface area contributed by atoms with Gasteiger partial charge in [-0.3, -0.25) is 4.79 Å². The van der Waals surface area contributed by atoms with Crippen LogP contribution < -0.4 is 20.7 Å². The number of hydrogen-bond acceptors (Lipinski definition) is 4. The lowest BCUT2D eigenvalue weighted by atomic mass is 10.3. The number of ether oxygens (including phenoxy) is 1. The Balaban J connectivity index is 1.62. The number of methoxy groups -OCH3 is 1. The number of anilines is 3. The first-order chi connectivity index (χ1) is 15.5. The summed E-state index contributed by atoms with van der Waals surface area (Å²) in [4.78, 5) is 13.8. The maximum Gasteiger partial charge on any atom is 0.237 e. The second-order valence-electron chi connectivity index (χ2n) is 6.82. The summed E-state index contributed by atoms with van der Waals surface area (Å²) >= 11 is 9.23. The van der Waals surface area contributed by atoms with Crippen LogP contribution in [0.15, 0.2) is 77.7 Å². The lowest BCUT2D eigenvalue weighted by molar-refractivity contribution is -0.115. The van der Waals surface area contributed by atoms with Crippen molar-refractivity contribution in [2.24, 2.45) is 0 Å². The fourth-order valence-electron chi connectivity index (χ4n) is 2.92. The highest BCUT2D eigenvalue weighted by Gasteiger charge is 2.18. The molecule has 166 valence electrons. The maximum absolute atomic E-state index is 12.8. The number of thioether (sulfide) groups is 1. The fraction of sp³-hybridized carbons (Fsp3) is 0.167. The molecule has 0 spiro atoms. The molecule has 0 saturated heterocycles. The largest absolute Gasteiger partial charge is 0.495 e. The third kappa shape index (κ3) is 7.11. The Kier molecular flexibility index (Phi) is 9.19. The molecule has 0 saturated carbocycles. The number of para-hydroxylation sites is 2. The van der Waals surface area contributed by atoms with Gasteiger partial charge >= 0.3 is 0 Å². The first-order valence-corrected chi connectivity index (χ1v) is 12.4. The molecular weight excluding hydrogens is 553 g/mol. The zero-order valence-corrected chi connectivity index (χ0v) is 21.5. The van der Waals surface area contributed by atoms with Crippen LogP contribution in [-0.4, -0.2) is 23.4 Å². The number of halogens is 1. The molecule has 3 rings (SSSR count). The van der Waals surface area contributed by atoms with Gasteiger partial charge in [-0.15, -0.1) is 11.8 Å². The van der Waals surface area contributed by atoms with E-state index in [0.29, 0.717) is 17.3 Å². The number of nitrogens with one attached hydrogen (secondary N) is 3. The Labute approximate surface area is 211 Å². The summed E-state index contributed by atoms with van der Waals surface area (Å²) in [6.07, 6.45) is 0.715. The Bertz CT molecular complexity index is 1080. The van der Waals surface area contributed by atoms with Gasteiger partial charge in [-0.25, -0.2) is 0 Å². The Morgan fingerprint density at radius 3 is 2.47 bits per heavy atom. The summed E-state index contributed by atoms with van der Waals surface area (Å²) in [6.45, 7) is 2.01. The summed E-state index contributed by atoms with van der Waals surface area (Å²) in [6, 6.07) is 23.2. The van der Waals surface area contributed by atoms with E-state index < -0.39 is 0 Å². The zero-order chi connectivity index (χ0) is 22.9. The topological polar surface area (TPSA) is 62.4 Å².